The molecule has 0 saturated heterocycles. The molecule has 1 aliphatic rings. The highest BCUT2D eigenvalue weighted by atomic mass is 16.5. The predicted octanol–water partition coefficient (Wildman–Crippen LogP) is 2.23. The van der Waals surface area contributed by atoms with Crippen molar-refractivity contribution in [3.05, 3.63) is 31.6 Å². The number of fused-ring (bicyclic) bond motifs is 2. The third kappa shape index (κ3) is 1.60. The summed E-state index contributed by atoms with van der Waals surface area (Å²) in [5.74, 6) is -2.13. The van der Waals surface area contributed by atoms with E-state index < -0.39 is 33.7 Å². The van der Waals surface area contributed by atoms with Gasteiger partial charge in [-0.2, -0.15) is 0 Å². The van der Waals surface area contributed by atoms with Gasteiger partial charge in [-0.15, -0.1) is 0 Å². The summed E-state index contributed by atoms with van der Waals surface area (Å²) in [6.07, 6.45) is -0.346. The Bertz CT molecular complexity index is 1190. The van der Waals surface area contributed by atoms with Gasteiger partial charge >= 0.3 is 5.95 Å². The topological polar surface area (TPSA) is 117 Å². The average molecular weight is 344 g/mol. The second kappa shape index (κ2) is 4.36. The third-order valence-corrected chi connectivity index (χ3v) is 5.37. The molecule has 2 aromatic carbocycles. The van der Waals surface area contributed by atoms with E-state index in [0.29, 0.717) is 10.9 Å². The first-order chi connectivity index (χ1) is 11.6. The summed E-state index contributed by atoms with van der Waals surface area (Å²) in [5.41, 5.74) is -1.73. The Morgan fingerprint density at radius 1 is 0.960 bits per heavy atom. The van der Waals surface area contributed by atoms with E-state index in [4.69, 9.17) is 9.15 Å². The minimum Gasteiger partial charge on any atom is -0.502 e. The van der Waals surface area contributed by atoms with Gasteiger partial charge in [0, 0.05) is 21.8 Å². The zero-order valence-corrected chi connectivity index (χ0v) is 14.1. The second-order valence-corrected chi connectivity index (χ2v) is 7.03. The number of aromatic hydroxyl groups is 3. The molecule has 7 nitrogen and oxygen atoms in total. The van der Waals surface area contributed by atoms with Crippen LogP contribution in [0.25, 0.3) is 21.7 Å². The highest BCUT2D eigenvalue weighted by molar-refractivity contribution is 6.16. The summed E-state index contributed by atoms with van der Waals surface area (Å²) in [6, 6.07) is 0. The van der Waals surface area contributed by atoms with Gasteiger partial charge in [0.2, 0.25) is 16.9 Å². The highest BCUT2D eigenvalue weighted by Crippen LogP contribution is 2.50. The molecule has 3 aromatic rings. The van der Waals surface area contributed by atoms with Crippen LogP contribution in [-0.2, 0) is 5.41 Å². The van der Waals surface area contributed by atoms with E-state index in [2.05, 4.69) is 0 Å². The predicted molar refractivity (Wildman–Crippen MR) is 90.3 cm³/mol. The Kier molecular flexibility index (Phi) is 2.71. The molecule has 1 atom stereocenters. The largest absolute Gasteiger partial charge is 0.502 e. The molecule has 0 fully saturated rings. The normalized spacial score (nSPS) is 18.6. The van der Waals surface area contributed by atoms with Gasteiger partial charge in [-0.3, -0.25) is 9.59 Å². The van der Waals surface area contributed by atoms with E-state index >= 15 is 0 Å². The Hall–Kier alpha value is -2.96. The Balaban J connectivity index is 2.47. The molecule has 0 unspecified atom stereocenters. The van der Waals surface area contributed by atoms with Gasteiger partial charge in [0.15, 0.2) is 11.0 Å². The number of hydrogen-bond acceptors (Lipinski definition) is 7. The van der Waals surface area contributed by atoms with Crippen molar-refractivity contribution in [3.8, 4) is 23.2 Å². The maximum absolute atomic E-state index is 13.1. The number of benzene rings is 2. The van der Waals surface area contributed by atoms with E-state index in [1.807, 2.05) is 20.8 Å². The SMILES string of the molecule is Cc1c(=O)c(O)c2oc(O)c(O)c3c(=O)c4c(c1c23)O[C@H](C)C4(C)C. The van der Waals surface area contributed by atoms with Gasteiger partial charge < -0.3 is 24.5 Å². The highest BCUT2D eigenvalue weighted by Gasteiger charge is 2.44. The number of rotatable bonds is 0. The zero-order valence-electron chi connectivity index (χ0n) is 14.1. The van der Waals surface area contributed by atoms with Crippen LogP contribution >= 0.6 is 0 Å². The molecule has 130 valence electrons. The van der Waals surface area contributed by atoms with Crippen LogP contribution < -0.4 is 15.6 Å². The van der Waals surface area contributed by atoms with Crippen LogP contribution in [0.1, 0.15) is 31.9 Å². The molecule has 2 heterocycles. The van der Waals surface area contributed by atoms with Crippen molar-refractivity contribution in [2.75, 3.05) is 0 Å². The first kappa shape index (κ1) is 15.6. The molecular weight excluding hydrogens is 328 g/mol. The van der Waals surface area contributed by atoms with Gasteiger partial charge in [-0.1, -0.05) is 13.8 Å². The quantitative estimate of drug-likeness (QED) is 0.572. The second-order valence-electron chi connectivity index (χ2n) is 7.03. The summed E-state index contributed by atoms with van der Waals surface area (Å²) >= 11 is 0. The molecule has 0 saturated carbocycles. The molecule has 7 heteroatoms. The standard InChI is InChI=1S/C18H16O7/c1-5-7-8-9(12(20)10-15(7)24-6(2)18(10,3)4)13(21)17(23)25-16(8)14(22)11(5)19/h6,21-23H,1-4H3/t6-/m1/s1. The molecule has 0 aliphatic carbocycles. The van der Waals surface area contributed by atoms with Crippen molar-refractivity contribution in [2.24, 2.45) is 0 Å². The molecule has 1 aliphatic heterocycles. The fourth-order valence-electron chi connectivity index (χ4n) is 3.61. The van der Waals surface area contributed by atoms with Crippen LogP contribution in [0.3, 0.4) is 0 Å². The minimum absolute atomic E-state index is 0.0681. The molecule has 0 bridgehead atoms. The first-order valence-corrected chi connectivity index (χ1v) is 7.79. The summed E-state index contributed by atoms with van der Waals surface area (Å²) < 4.78 is 10.9. The lowest BCUT2D eigenvalue weighted by Gasteiger charge is -2.21. The molecule has 25 heavy (non-hydrogen) atoms. The van der Waals surface area contributed by atoms with Crippen LogP contribution in [0.4, 0.5) is 0 Å². The summed E-state index contributed by atoms with van der Waals surface area (Å²) in [4.78, 5) is 25.5. The number of aryl methyl sites for hydroxylation is 1. The van der Waals surface area contributed by atoms with Crippen molar-refractivity contribution < 1.29 is 24.5 Å². The lowest BCUT2D eigenvalue weighted by atomic mass is 9.79. The third-order valence-electron chi connectivity index (χ3n) is 5.37. The van der Waals surface area contributed by atoms with Gasteiger partial charge in [0.05, 0.1) is 10.9 Å². The van der Waals surface area contributed by atoms with Crippen LogP contribution in [0.5, 0.6) is 23.2 Å². The average Bonchev–Trinajstić information content (AvgIpc) is 2.77. The summed E-state index contributed by atoms with van der Waals surface area (Å²) in [5, 5.41) is 30.4. The molecule has 4 rings (SSSR count). The van der Waals surface area contributed by atoms with Crippen molar-refractivity contribution in [2.45, 2.75) is 39.2 Å². The maximum Gasteiger partial charge on any atom is 0.327 e. The summed E-state index contributed by atoms with van der Waals surface area (Å²) in [6.45, 7) is 6.98. The molecule has 3 N–H and O–H groups in total. The number of ether oxygens (including phenoxy) is 1. The Morgan fingerprint density at radius 3 is 2.24 bits per heavy atom. The lowest BCUT2D eigenvalue weighted by molar-refractivity contribution is 0.187. The fourth-order valence-corrected chi connectivity index (χ4v) is 3.61. The Morgan fingerprint density at radius 2 is 1.60 bits per heavy atom. The van der Waals surface area contributed by atoms with Crippen molar-refractivity contribution >= 4 is 21.7 Å². The van der Waals surface area contributed by atoms with E-state index in [1.54, 1.807) is 0 Å². The summed E-state index contributed by atoms with van der Waals surface area (Å²) in [7, 11) is 0. The minimum atomic E-state index is -0.936. The Labute approximate surface area is 141 Å². The molecule has 0 radical (unpaired) electrons. The van der Waals surface area contributed by atoms with Crippen molar-refractivity contribution in [1.82, 2.24) is 0 Å². The van der Waals surface area contributed by atoms with Crippen LogP contribution in [0.2, 0.25) is 0 Å². The van der Waals surface area contributed by atoms with E-state index in [-0.39, 0.29) is 33.8 Å². The number of hydrogen-bond donors (Lipinski definition) is 3. The van der Waals surface area contributed by atoms with Crippen molar-refractivity contribution in [1.29, 1.82) is 0 Å². The van der Waals surface area contributed by atoms with Crippen molar-refractivity contribution in [3.63, 3.8) is 0 Å². The van der Waals surface area contributed by atoms with Crippen LogP contribution in [-0.4, -0.2) is 21.4 Å². The smallest absolute Gasteiger partial charge is 0.327 e. The number of phenolic OH excluding ortho intramolecular Hbond substituents is 1. The first-order valence-electron chi connectivity index (χ1n) is 7.79. The van der Waals surface area contributed by atoms with Gasteiger partial charge in [0.1, 0.15) is 11.9 Å². The van der Waals surface area contributed by atoms with E-state index in [9.17, 15) is 24.9 Å². The lowest BCUT2D eigenvalue weighted by Crippen LogP contribution is -2.32. The van der Waals surface area contributed by atoms with E-state index in [0.717, 1.165) is 0 Å². The zero-order chi connectivity index (χ0) is 18.4. The van der Waals surface area contributed by atoms with E-state index in [1.165, 1.54) is 6.92 Å². The fraction of sp³-hybridized carbons (Fsp3) is 0.333. The molecule has 1 aromatic heterocycles. The van der Waals surface area contributed by atoms with Crippen LogP contribution in [0.15, 0.2) is 14.0 Å². The van der Waals surface area contributed by atoms with Gasteiger partial charge in [-0.05, 0) is 13.8 Å². The monoisotopic (exact) mass is 344 g/mol. The number of phenols is 1. The molecular formula is C18H16O7. The van der Waals surface area contributed by atoms with Gasteiger partial charge in [0.25, 0.3) is 0 Å². The maximum atomic E-state index is 13.1. The van der Waals surface area contributed by atoms with Gasteiger partial charge in [-0.25, -0.2) is 0 Å². The molecule has 0 spiro atoms. The van der Waals surface area contributed by atoms with Crippen LogP contribution in [0, 0.1) is 6.92 Å². The molecule has 0 amide bonds.